The smallest absolute Gasteiger partial charge is 0.161 e. The van der Waals surface area contributed by atoms with Gasteiger partial charge in [0, 0.05) is 19.7 Å². The number of anilines is 1. The van der Waals surface area contributed by atoms with E-state index in [0.29, 0.717) is 23.8 Å². The number of hydrogen-bond acceptors (Lipinski definition) is 4. The van der Waals surface area contributed by atoms with Crippen molar-refractivity contribution in [3.63, 3.8) is 0 Å². The predicted molar refractivity (Wildman–Crippen MR) is 85.4 cm³/mol. The molecule has 0 unspecified atom stereocenters. The molecule has 4 nitrogen and oxygen atoms in total. The van der Waals surface area contributed by atoms with Gasteiger partial charge in [0.25, 0.3) is 0 Å². The molecule has 0 radical (unpaired) electrons. The van der Waals surface area contributed by atoms with Gasteiger partial charge in [-0.2, -0.15) is 0 Å². The molecule has 0 amide bonds. The van der Waals surface area contributed by atoms with Crippen molar-refractivity contribution in [1.82, 2.24) is 9.97 Å². The highest BCUT2D eigenvalue weighted by molar-refractivity contribution is 14.1. The summed E-state index contributed by atoms with van der Waals surface area (Å²) in [7, 11) is 3.38. The second-order valence-electron chi connectivity index (χ2n) is 3.97. The van der Waals surface area contributed by atoms with E-state index in [0.717, 1.165) is 9.26 Å². The molecule has 0 aliphatic carbocycles. The fourth-order valence-electron chi connectivity index (χ4n) is 1.66. The van der Waals surface area contributed by atoms with E-state index in [4.69, 9.17) is 16.3 Å². The Morgan fingerprint density at radius 3 is 2.75 bits per heavy atom. The van der Waals surface area contributed by atoms with Crippen molar-refractivity contribution in [3.05, 3.63) is 38.3 Å². The Balaban J connectivity index is 2.55. The molecule has 1 N–H and O–H groups in total. The van der Waals surface area contributed by atoms with E-state index in [1.807, 2.05) is 0 Å². The molecule has 0 bridgehead atoms. The van der Waals surface area contributed by atoms with Gasteiger partial charge in [0.15, 0.2) is 5.82 Å². The van der Waals surface area contributed by atoms with E-state index in [1.54, 1.807) is 20.2 Å². The minimum absolute atomic E-state index is 0.0453. The fraction of sp³-hybridized carbons (Fsp3) is 0.231. The zero-order chi connectivity index (χ0) is 14.7. The van der Waals surface area contributed by atoms with Crippen LogP contribution in [0.3, 0.4) is 0 Å². The Morgan fingerprint density at radius 1 is 1.40 bits per heavy atom. The van der Waals surface area contributed by atoms with Crippen molar-refractivity contribution in [2.75, 3.05) is 19.5 Å². The van der Waals surface area contributed by atoms with Crippen molar-refractivity contribution >= 4 is 40.0 Å². The number of nitrogens with one attached hydrogen (secondary N) is 1. The quantitative estimate of drug-likeness (QED) is 0.785. The molecule has 2 aromatic rings. The van der Waals surface area contributed by atoms with Gasteiger partial charge >= 0.3 is 0 Å². The molecular formula is C13H12ClFIN3O. The average molecular weight is 408 g/mol. The normalized spacial score (nSPS) is 10.7. The first kappa shape index (κ1) is 15.4. The van der Waals surface area contributed by atoms with E-state index in [1.165, 1.54) is 12.1 Å². The molecule has 0 fully saturated rings. The summed E-state index contributed by atoms with van der Waals surface area (Å²) in [5.41, 5.74) is 1.42. The van der Waals surface area contributed by atoms with Crippen LogP contribution in [0.25, 0.3) is 11.4 Å². The highest BCUT2D eigenvalue weighted by Gasteiger charge is 2.13. The number of aromatic nitrogens is 2. The van der Waals surface area contributed by atoms with Crippen molar-refractivity contribution < 1.29 is 9.13 Å². The fourth-order valence-corrected chi connectivity index (χ4v) is 2.50. The summed E-state index contributed by atoms with van der Waals surface area (Å²) in [5.74, 6) is 0.707. The van der Waals surface area contributed by atoms with E-state index >= 15 is 0 Å². The molecule has 0 saturated heterocycles. The summed E-state index contributed by atoms with van der Waals surface area (Å²) in [4.78, 5) is 8.86. The van der Waals surface area contributed by atoms with Gasteiger partial charge in [0.2, 0.25) is 0 Å². The van der Waals surface area contributed by atoms with Gasteiger partial charge in [0.05, 0.1) is 20.9 Å². The maximum atomic E-state index is 13.2. The molecular weight excluding hydrogens is 396 g/mol. The van der Waals surface area contributed by atoms with Crippen LogP contribution in [0.4, 0.5) is 10.2 Å². The number of benzene rings is 1. The summed E-state index contributed by atoms with van der Waals surface area (Å²) < 4.78 is 19.2. The molecule has 7 heteroatoms. The summed E-state index contributed by atoms with van der Waals surface area (Å²) in [6, 6.07) is 4.41. The molecule has 1 aromatic heterocycles. The summed E-state index contributed by atoms with van der Waals surface area (Å²) in [6.07, 6.45) is 0. The van der Waals surface area contributed by atoms with Gasteiger partial charge in [0.1, 0.15) is 11.6 Å². The second kappa shape index (κ2) is 6.64. The molecule has 0 spiro atoms. The lowest BCUT2D eigenvalue weighted by Crippen LogP contribution is -2.06. The monoisotopic (exact) mass is 407 g/mol. The van der Waals surface area contributed by atoms with Crippen molar-refractivity contribution in [2.45, 2.75) is 6.61 Å². The van der Waals surface area contributed by atoms with Crippen LogP contribution < -0.4 is 5.32 Å². The Morgan fingerprint density at radius 2 is 2.15 bits per heavy atom. The third-order valence-corrected chi connectivity index (χ3v) is 4.04. The summed E-state index contributed by atoms with van der Waals surface area (Å²) >= 11 is 7.96. The van der Waals surface area contributed by atoms with E-state index < -0.39 is 5.82 Å². The minimum atomic E-state index is -0.466. The minimum Gasteiger partial charge on any atom is -0.378 e. The number of rotatable bonds is 4. The Labute approximate surface area is 134 Å². The predicted octanol–water partition coefficient (Wildman–Crippen LogP) is 3.73. The molecule has 20 heavy (non-hydrogen) atoms. The van der Waals surface area contributed by atoms with Crippen LogP contribution in [0.5, 0.6) is 0 Å². The lowest BCUT2D eigenvalue weighted by molar-refractivity contribution is 0.181. The highest BCUT2D eigenvalue weighted by Crippen LogP contribution is 2.26. The lowest BCUT2D eigenvalue weighted by atomic mass is 10.2. The van der Waals surface area contributed by atoms with E-state index in [-0.39, 0.29) is 5.02 Å². The number of halogens is 3. The van der Waals surface area contributed by atoms with Crippen molar-refractivity contribution in [3.8, 4) is 11.4 Å². The Bertz CT molecular complexity index is 639. The average Bonchev–Trinajstić information content (AvgIpc) is 2.44. The zero-order valence-corrected chi connectivity index (χ0v) is 13.8. The van der Waals surface area contributed by atoms with Crippen molar-refractivity contribution in [2.24, 2.45) is 0 Å². The number of nitrogens with zero attached hydrogens (tertiary/aromatic N) is 2. The van der Waals surface area contributed by atoms with Crippen LogP contribution in [0, 0.1) is 9.39 Å². The maximum Gasteiger partial charge on any atom is 0.161 e. The SMILES string of the molecule is CNc1nc(-c2ccc(F)c(Cl)c2)nc(COC)c1I. The second-order valence-corrected chi connectivity index (χ2v) is 5.45. The van der Waals surface area contributed by atoms with Crippen LogP contribution >= 0.6 is 34.2 Å². The number of ether oxygens (including phenoxy) is 1. The Kier molecular flexibility index (Phi) is 5.11. The standard InChI is InChI=1S/C13H12ClFIN3O/c1-17-13-11(16)10(6-20-2)18-12(19-13)7-3-4-9(15)8(14)5-7/h3-5H,6H2,1-2H3,(H,17,18,19). The first-order valence-electron chi connectivity index (χ1n) is 5.75. The van der Waals surface area contributed by atoms with Crippen LogP contribution in [0.15, 0.2) is 18.2 Å². The van der Waals surface area contributed by atoms with Gasteiger partial charge in [-0.3, -0.25) is 0 Å². The molecule has 0 saturated carbocycles. The molecule has 1 aromatic carbocycles. The van der Waals surface area contributed by atoms with Gasteiger partial charge in [-0.1, -0.05) is 11.6 Å². The topological polar surface area (TPSA) is 47.0 Å². The molecule has 1 heterocycles. The van der Waals surface area contributed by atoms with Crippen LogP contribution in [0.2, 0.25) is 5.02 Å². The lowest BCUT2D eigenvalue weighted by Gasteiger charge is -2.11. The maximum absolute atomic E-state index is 13.2. The van der Waals surface area contributed by atoms with E-state index in [2.05, 4.69) is 37.9 Å². The molecule has 106 valence electrons. The van der Waals surface area contributed by atoms with Crippen LogP contribution in [-0.2, 0) is 11.3 Å². The summed E-state index contributed by atoms with van der Waals surface area (Å²) in [5, 5.41) is 3.05. The summed E-state index contributed by atoms with van der Waals surface area (Å²) in [6.45, 7) is 0.372. The van der Waals surface area contributed by atoms with Gasteiger partial charge < -0.3 is 10.1 Å². The largest absolute Gasteiger partial charge is 0.378 e. The first-order valence-corrected chi connectivity index (χ1v) is 7.21. The first-order chi connectivity index (χ1) is 9.56. The van der Waals surface area contributed by atoms with E-state index in [9.17, 15) is 4.39 Å². The third kappa shape index (κ3) is 3.18. The molecule has 0 aliphatic heterocycles. The number of methoxy groups -OCH3 is 1. The molecule has 0 atom stereocenters. The van der Waals surface area contributed by atoms with Gasteiger partial charge in [-0.25, -0.2) is 14.4 Å². The number of hydrogen-bond donors (Lipinski definition) is 1. The zero-order valence-electron chi connectivity index (χ0n) is 10.9. The van der Waals surface area contributed by atoms with Gasteiger partial charge in [-0.05, 0) is 40.8 Å². The molecule has 2 rings (SSSR count). The Hall–Kier alpha value is -0.990. The van der Waals surface area contributed by atoms with Crippen LogP contribution in [0.1, 0.15) is 5.69 Å². The highest BCUT2D eigenvalue weighted by atomic mass is 127. The third-order valence-electron chi connectivity index (χ3n) is 2.62. The van der Waals surface area contributed by atoms with Crippen LogP contribution in [-0.4, -0.2) is 24.1 Å². The van der Waals surface area contributed by atoms with Crippen molar-refractivity contribution in [1.29, 1.82) is 0 Å². The molecule has 0 aliphatic rings. The van der Waals surface area contributed by atoms with Gasteiger partial charge in [-0.15, -0.1) is 0 Å².